The number of ether oxygens (including phenoxy) is 1. The van der Waals surface area contributed by atoms with Crippen molar-refractivity contribution in [3.05, 3.63) is 53.1 Å². The second-order valence-electron chi connectivity index (χ2n) is 3.86. The molecule has 2 rings (SSSR count). The van der Waals surface area contributed by atoms with Gasteiger partial charge in [-0.15, -0.1) is 0 Å². The van der Waals surface area contributed by atoms with Crippen molar-refractivity contribution >= 4 is 11.6 Å². The molecule has 0 aliphatic heterocycles. The molecule has 0 saturated heterocycles. The molecule has 0 bridgehead atoms. The first-order chi connectivity index (χ1) is 8.26. The van der Waals surface area contributed by atoms with Crippen molar-refractivity contribution in [1.82, 2.24) is 0 Å². The molecule has 0 radical (unpaired) electrons. The Balaban J connectivity index is 2.62. The Labute approximate surface area is 107 Å². The number of benzene rings is 2. The average Bonchev–Trinajstić information content (AvgIpc) is 2.38. The molecule has 0 heterocycles. The minimum atomic E-state index is 0.728. The van der Waals surface area contributed by atoms with E-state index >= 15 is 0 Å². The van der Waals surface area contributed by atoms with Crippen LogP contribution in [-0.2, 0) is 6.42 Å². The Morgan fingerprint density at radius 2 is 1.82 bits per heavy atom. The van der Waals surface area contributed by atoms with Crippen LogP contribution in [0.4, 0.5) is 0 Å². The monoisotopic (exact) mass is 246 g/mol. The summed E-state index contributed by atoms with van der Waals surface area (Å²) in [5.41, 5.74) is 3.54. The standard InChI is InChI=1S/C15H15ClO/c1-3-11-6-4-5-7-13(11)14-10-12(16)8-9-15(14)17-2/h4-10H,3H2,1-2H3. The lowest BCUT2D eigenvalue weighted by molar-refractivity contribution is 0.416. The molecule has 0 aromatic heterocycles. The van der Waals surface area contributed by atoms with Crippen LogP contribution in [0.3, 0.4) is 0 Å². The van der Waals surface area contributed by atoms with Crippen LogP contribution in [0.2, 0.25) is 5.02 Å². The zero-order valence-corrected chi connectivity index (χ0v) is 10.8. The lowest BCUT2D eigenvalue weighted by Gasteiger charge is -2.12. The number of hydrogen-bond acceptors (Lipinski definition) is 1. The van der Waals surface area contributed by atoms with E-state index in [1.54, 1.807) is 7.11 Å². The van der Waals surface area contributed by atoms with Crippen molar-refractivity contribution in [3.8, 4) is 16.9 Å². The molecule has 2 aromatic carbocycles. The van der Waals surface area contributed by atoms with Gasteiger partial charge in [0.2, 0.25) is 0 Å². The van der Waals surface area contributed by atoms with E-state index in [0.717, 1.165) is 22.8 Å². The first-order valence-electron chi connectivity index (χ1n) is 5.68. The van der Waals surface area contributed by atoms with Crippen LogP contribution in [0.1, 0.15) is 12.5 Å². The van der Waals surface area contributed by atoms with Gasteiger partial charge in [-0.1, -0.05) is 42.8 Å². The van der Waals surface area contributed by atoms with Gasteiger partial charge in [-0.2, -0.15) is 0 Å². The van der Waals surface area contributed by atoms with Gasteiger partial charge in [-0.05, 0) is 35.7 Å². The van der Waals surface area contributed by atoms with E-state index in [2.05, 4.69) is 25.1 Å². The maximum absolute atomic E-state index is 6.06. The summed E-state index contributed by atoms with van der Waals surface area (Å²) < 4.78 is 5.40. The van der Waals surface area contributed by atoms with Crippen LogP contribution in [-0.4, -0.2) is 7.11 Å². The molecule has 1 nitrogen and oxygen atoms in total. The third kappa shape index (κ3) is 2.45. The molecule has 2 aromatic rings. The van der Waals surface area contributed by atoms with Gasteiger partial charge in [0.15, 0.2) is 0 Å². The van der Waals surface area contributed by atoms with Gasteiger partial charge in [0, 0.05) is 10.6 Å². The van der Waals surface area contributed by atoms with Crippen molar-refractivity contribution in [2.45, 2.75) is 13.3 Å². The molecule has 0 spiro atoms. The minimum absolute atomic E-state index is 0.728. The molecular formula is C15H15ClO. The van der Waals surface area contributed by atoms with Crippen molar-refractivity contribution in [1.29, 1.82) is 0 Å². The van der Waals surface area contributed by atoms with Crippen LogP contribution >= 0.6 is 11.6 Å². The number of aryl methyl sites for hydroxylation is 1. The van der Waals surface area contributed by atoms with Gasteiger partial charge in [0.25, 0.3) is 0 Å². The molecule has 17 heavy (non-hydrogen) atoms. The van der Waals surface area contributed by atoms with E-state index in [-0.39, 0.29) is 0 Å². The molecule has 0 N–H and O–H groups in total. The summed E-state index contributed by atoms with van der Waals surface area (Å²) in [6, 6.07) is 14.0. The van der Waals surface area contributed by atoms with Gasteiger partial charge >= 0.3 is 0 Å². The SMILES string of the molecule is CCc1ccccc1-c1cc(Cl)ccc1OC. The smallest absolute Gasteiger partial charge is 0.126 e. The Hall–Kier alpha value is -1.47. The second-order valence-corrected chi connectivity index (χ2v) is 4.29. The first-order valence-corrected chi connectivity index (χ1v) is 6.06. The van der Waals surface area contributed by atoms with Gasteiger partial charge in [0.05, 0.1) is 7.11 Å². The summed E-state index contributed by atoms with van der Waals surface area (Å²) >= 11 is 6.06. The van der Waals surface area contributed by atoms with E-state index < -0.39 is 0 Å². The van der Waals surface area contributed by atoms with E-state index in [9.17, 15) is 0 Å². The third-order valence-electron chi connectivity index (χ3n) is 2.85. The highest BCUT2D eigenvalue weighted by Crippen LogP contribution is 2.34. The Bertz CT molecular complexity index is 520. The number of halogens is 1. The highest BCUT2D eigenvalue weighted by Gasteiger charge is 2.09. The van der Waals surface area contributed by atoms with E-state index in [1.165, 1.54) is 11.1 Å². The van der Waals surface area contributed by atoms with Crippen LogP contribution in [0, 0.1) is 0 Å². The van der Waals surface area contributed by atoms with E-state index in [4.69, 9.17) is 16.3 Å². The Morgan fingerprint density at radius 1 is 1.06 bits per heavy atom. The molecule has 0 unspecified atom stereocenters. The van der Waals surface area contributed by atoms with Crippen LogP contribution in [0.15, 0.2) is 42.5 Å². The Kier molecular flexibility index (Phi) is 3.70. The lowest BCUT2D eigenvalue weighted by Crippen LogP contribution is -1.91. The molecule has 0 amide bonds. The molecular weight excluding hydrogens is 232 g/mol. The predicted molar refractivity (Wildman–Crippen MR) is 72.8 cm³/mol. The largest absolute Gasteiger partial charge is 0.496 e. The molecule has 0 atom stereocenters. The molecule has 0 aliphatic carbocycles. The molecule has 0 saturated carbocycles. The number of hydrogen-bond donors (Lipinski definition) is 0. The van der Waals surface area contributed by atoms with Crippen molar-refractivity contribution in [2.75, 3.05) is 7.11 Å². The fourth-order valence-electron chi connectivity index (χ4n) is 1.98. The van der Waals surface area contributed by atoms with Gasteiger partial charge in [0.1, 0.15) is 5.75 Å². The quantitative estimate of drug-likeness (QED) is 0.770. The van der Waals surface area contributed by atoms with E-state index in [0.29, 0.717) is 0 Å². The predicted octanol–water partition coefficient (Wildman–Crippen LogP) is 4.58. The topological polar surface area (TPSA) is 9.23 Å². The number of methoxy groups -OCH3 is 1. The summed E-state index contributed by atoms with van der Waals surface area (Å²) in [5, 5.41) is 0.728. The van der Waals surface area contributed by atoms with Crippen LogP contribution in [0.25, 0.3) is 11.1 Å². The highest BCUT2D eigenvalue weighted by atomic mass is 35.5. The summed E-state index contributed by atoms with van der Waals surface area (Å²) in [5.74, 6) is 0.857. The average molecular weight is 247 g/mol. The molecule has 0 aliphatic rings. The van der Waals surface area contributed by atoms with Gasteiger partial charge < -0.3 is 4.74 Å². The summed E-state index contributed by atoms with van der Waals surface area (Å²) in [6.45, 7) is 2.15. The second kappa shape index (κ2) is 5.24. The summed E-state index contributed by atoms with van der Waals surface area (Å²) in [6.07, 6.45) is 0.992. The summed E-state index contributed by atoms with van der Waals surface area (Å²) in [4.78, 5) is 0. The van der Waals surface area contributed by atoms with Crippen LogP contribution in [0.5, 0.6) is 5.75 Å². The van der Waals surface area contributed by atoms with Crippen molar-refractivity contribution in [3.63, 3.8) is 0 Å². The fourth-order valence-corrected chi connectivity index (χ4v) is 2.15. The van der Waals surface area contributed by atoms with Crippen molar-refractivity contribution in [2.24, 2.45) is 0 Å². The van der Waals surface area contributed by atoms with Crippen LogP contribution < -0.4 is 4.74 Å². The zero-order valence-electron chi connectivity index (χ0n) is 10.0. The van der Waals surface area contributed by atoms with Crippen molar-refractivity contribution < 1.29 is 4.74 Å². The Morgan fingerprint density at radius 3 is 2.53 bits per heavy atom. The minimum Gasteiger partial charge on any atom is -0.496 e. The highest BCUT2D eigenvalue weighted by molar-refractivity contribution is 6.31. The fraction of sp³-hybridized carbons (Fsp3) is 0.200. The third-order valence-corrected chi connectivity index (χ3v) is 3.09. The normalized spacial score (nSPS) is 10.3. The zero-order chi connectivity index (χ0) is 12.3. The first kappa shape index (κ1) is 12.0. The number of rotatable bonds is 3. The molecule has 2 heteroatoms. The maximum atomic E-state index is 6.06. The summed E-state index contributed by atoms with van der Waals surface area (Å²) in [7, 11) is 1.68. The van der Waals surface area contributed by atoms with Gasteiger partial charge in [-0.25, -0.2) is 0 Å². The maximum Gasteiger partial charge on any atom is 0.126 e. The molecule has 0 fully saturated rings. The molecule has 88 valence electrons. The van der Waals surface area contributed by atoms with Gasteiger partial charge in [-0.3, -0.25) is 0 Å². The lowest BCUT2D eigenvalue weighted by atomic mass is 9.97. The van der Waals surface area contributed by atoms with E-state index in [1.807, 2.05) is 24.3 Å².